The zero-order valence-corrected chi connectivity index (χ0v) is 18.7. The van der Waals surface area contributed by atoms with Gasteiger partial charge in [0.15, 0.2) is 0 Å². The van der Waals surface area contributed by atoms with Gasteiger partial charge in [0.25, 0.3) is 0 Å². The standard InChI is InChI=1S/C21H33N7O3/c1-14-11-15(5-6-18(14)31-4)22-19-24-20(23-16(12-29)13-30)26-21(25-19)28(3)17-7-9-27(2)10-8-17/h5-6,11,16-17,29-30H,7-10,12-13H2,1-4H3,(H2,22,23,24,25,26). The molecule has 2 heterocycles. The highest BCUT2D eigenvalue weighted by molar-refractivity contribution is 5.59. The second-order valence-electron chi connectivity index (χ2n) is 7.94. The van der Waals surface area contributed by atoms with Crippen molar-refractivity contribution in [1.82, 2.24) is 19.9 Å². The average Bonchev–Trinajstić information content (AvgIpc) is 2.77. The van der Waals surface area contributed by atoms with Crippen LogP contribution in [0, 0.1) is 6.92 Å². The molecule has 1 aliphatic heterocycles. The number of ether oxygens (including phenoxy) is 1. The van der Waals surface area contributed by atoms with Gasteiger partial charge in [0.05, 0.1) is 26.4 Å². The Labute approximate surface area is 183 Å². The van der Waals surface area contributed by atoms with Crippen molar-refractivity contribution in [1.29, 1.82) is 0 Å². The van der Waals surface area contributed by atoms with E-state index in [1.165, 1.54) is 0 Å². The second-order valence-corrected chi connectivity index (χ2v) is 7.94. The number of aliphatic hydroxyl groups is 2. The molecule has 0 unspecified atom stereocenters. The SMILES string of the molecule is COc1ccc(Nc2nc(NC(CO)CO)nc(N(C)C3CCN(C)CC3)n2)cc1C. The summed E-state index contributed by atoms with van der Waals surface area (Å²) < 4.78 is 5.33. The smallest absolute Gasteiger partial charge is 0.233 e. The highest BCUT2D eigenvalue weighted by Gasteiger charge is 2.24. The van der Waals surface area contributed by atoms with E-state index < -0.39 is 6.04 Å². The van der Waals surface area contributed by atoms with Crippen LogP contribution in [0.25, 0.3) is 0 Å². The molecule has 1 aromatic heterocycles. The van der Waals surface area contributed by atoms with E-state index in [0.29, 0.717) is 23.9 Å². The molecule has 1 aliphatic rings. The first-order valence-electron chi connectivity index (χ1n) is 10.5. The Morgan fingerprint density at radius 3 is 2.45 bits per heavy atom. The van der Waals surface area contributed by atoms with Gasteiger partial charge in [-0.3, -0.25) is 0 Å². The van der Waals surface area contributed by atoms with E-state index in [1.54, 1.807) is 7.11 Å². The summed E-state index contributed by atoms with van der Waals surface area (Å²) in [6, 6.07) is 5.51. The minimum Gasteiger partial charge on any atom is -0.496 e. The lowest BCUT2D eigenvalue weighted by molar-refractivity contribution is 0.203. The van der Waals surface area contributed by atoms with Gasteiger partial charge in [-0.15, -0.1) is 0 Å². The Morgan fingerprint density at radius 1 is 1.16 bits per heavy atom. The van der Waals surface area contributed by atoms with Crippen molar-refractivity contribution in [3.05, 3.63) is 23.8 Å². The van der Waals surface area contributed by atoms with Crippen LogP contribution >= 0.6 is 0 Å². The molecule has 0 bridgehead atoms. The summed E-state index contributed by atoms with van der Waals surface area (Å²) in [5, 5.41) is 25.1. The number of piperidine rings is 1. The van der Waals surface area contributed by atoms with Crippen molar-refractivity contribution >= 4 is 23.5 Å². The van der Waals surface area contributed by atoms with Gasteiger partial charge in [0.2, 0.25) is 17.8 Å². The number of hydrogen-bond donors (Lipinski definition) is 4. The number of nitrogens with zero attached hydrogens (tertiary/aromatic N) is 5. The Balaban J connectivity index is 1.88. The summed E-state index contributed by atoms with van der Waals surface area (Å²) in [5.41, 5.74) is 1.81. The summed E-state index contributed by atoms with van der Waals surface area (Å²) in [7, 11) is 5.76. The van der Waals surface area contributed by atoms with Crippen LogP contribution in [0.2, 0.25) is 0 Å². The van der Waals surface area contributed by atoms with Gasteiger partial charge in [0.1, 0.15) is 5.75 Å². The lowest BCUT2D eigenvalue weighted by Crippen LogP contribution is -2.42. The molecule has 0 saturated carbocycles. The van der Waals surface area contributed by atoms with Crippen LogP contribution in [0.3, 0.4) is 0 Å². The summed E-state index contributed by atoms with van der Waals surface area (Å²) in [6.07, 6.45) is 2.05. The zero-order chi connectivity index (χ0) is 22.4. The van der Waals surface area contributed by atoms with Gasteiger partial charge in [-0.1, -0.05) is 0 Å². The molecular formula is C21H33N7O3. The van der Waals surface area contributed by atoms with Crippen LogP contribution in [0.5, 0.6) is 5.75 Å². The third-order valence-electron chi connectivity index (χ3n) is 5.60. The molecule has 10 heteroatoms. The molecule has 170 valence electrons. The summed E-state index contributed by atoms with van der Waals surface area (Å²) in [6.45, 7) is 3.55. The first-order chi connectivity index (χ1) is 14.9. The fourth-order valence-corrected chi connectivity index (χ4v) is 3.61. The number of anilines is 4. The lowest BCUT2D eigenvalue weighted by Gasteiger charge is -2.35. The van der Waals surface area contributed by atoms with Crippen molar-refractivity contribution in [3.8, 4) is 5.75 Å². The molecule has 0 radical (unpaired) electrons. The molecule has 1 fully saturated rings. The molecule has 0 aliphatic carbocycles. The van der Waals surface area contributed by atoms with Crippen molar-refractivity contribution in [2.45, 2.75) is 31.8 Å². The normalized spacial score (nSPS) is 15.2. The van der Waals surface area contributed by atoms with E-state index in [2.05, 4.69) is 42.4 Å². The number of aliphatic hydroxyl groups excluding tert-OH is 2. The van der Waals surface area contributed by atoms with Gasteiger partial charge in [0, 0.05) is 18.8 Å². The molecule has 0 amide bonds. The average molecular weight is 432 g/mol. The minimum absolute atomic E-state index is 0.233. The number of nitrogens with one attached hydrogen (secondary N) is 2. The van der Waals surface area contributed by atoms with Gasteiger partial charge in [-0.2, -0.15) is 15.0 Å². The lowest BCUT2D eigenvalue weighted by atomic mass is 10.0. The van der Waals surface area contributed by atoms with E-state index in [4.69, 9.17) is 4.74 Å². The topological polar surface area (TPSA) is 119 Å². The van der Waals surface area contributed by atoms with Crippen molar-refractivity contribution in [3.63, 3.8) is 0 Å². The largest absolute Gasteiger partial charge is 0.496 e. The predicted octanol–water partition coefficient (Wildman–Crippen LogP) is 1.23. The Hall–Kier alpha value is -2.69. The summed E-state index contributed by atoms with van der Waals surface area (Å²) in [4.78, 5) is 18.0. The minimum atomic E-state index is -0.556. The van der Waals surface area contributed by atoms with Crippen molar-refractivity contribution in [2.24, 2.45) is 0 Å². The molecule has 10 nitrogen and oxygen atoms in total. The maximum Gasteiger partial charge on any atom is 0.233 e. The van der Waals surface area contributed by atoms with Gasteiger partial charge < -0.3 is 35.4 Å². The maximum absolute atomic E-state index is 9.44. The van der Waals surface area contributed by atoms with Crippen LogP contribution in [-0.2, 0) is 0 Å². The van der Waals surface area contributed by atoms with Crippen LogP contribution in [0.15, 0.2) is 18.2 Å². The molecule has 31 heavy (non-hydrogen) atoms. The number of aryl methyl sites for hydroxylation is 1. The van der Waals surface area contributed by atoms with Gasteiger partial charge >= 0.3 is 0 Å². The van der Waals surface area contributed by atoms with Gasteiger partial charge in [-0.05, 0) is 63.7 Å². The van der Waals surface area contributed by atoms with Crippen LogP contribution in [0.1, 0.15) is 18.4 Å². The zero-order valence-electron chi connectivity index (χ0n) is 18.7. The third kappa shape index (κ3) is 5.93. The highest BCUT2D eigenvalue weighted by atomic mass is 16.5. The molecule has 3 rings (SSSR count). The monoisotopic (exact) mass is 431 g/mol. The number of benzene rings is 1. The predicted molar refractivity (Wildman–Crippen MR) is 121 cm³/mol. The van der Waals surface area contributed by atoms with E-state index in [1.807, 2.05) is 32.2 Å². The first kappa shape index (κ1) is 23.0. The third-order valence-corrected chi connectivity index (χ3v) is 5.60. The second kappa shape index (κ2) is 10.6. The maximum atomic E-state index is 9.44. The van der Waals surface area contributed by atoms with Crippen LogP contribution in [0.4, 0.5) is 23.5 Å². The Morgan fingerprint density at radius 2 is 1.84 bits per heavy atom. The van der Waals surface area contributed by atoms with E-state index in [9.17, 15) is 10.2 Å². The van der Waals surface area contributed by atoms with Crippen molar-refractivity contribution < 1.29 is 14.9 Å². The number of rotatable bonds is 9. The van der Waals surface area contributed by atoms with E-state index in [-0.39, 0.29) is 13.2 Å². The first-order valence-corrected chi connectivity index (χ1v) is 10.5. The summed E-state index contributed by atoms with van der Waals surface area (Å²) >= 11 is 0. The van der Waals surface area contributed by atoms with E-state index in [0.717, 1.165) is 42.9 Å². The quantitative estimate of drug-likeness (QED) is 0.461. The van der Waals surface area contributed by atoms with Crippen LogP contribution in [-0.4, -0.2) is 89.7 Å². The number of likely N-dealkylation sites (tertiary alicyclic amines) is 1. The molecule has 2 aromatic rings. The number of methoxy groups -OCH3 is 1. The highest BCUT2D eigenvalue weighted by Crippen LogP contribution is 2.25. The van der Waals surface area contributed by atoms with Crippen LogP contribution < -0.4 is 20.3 Å². The fraction of sp³-hybridized carbons (Fsp3) is 0.571. The summed E-state index contributed by atoms with van der Waals surface area (Å²) in [5.74, 6) is 2.02. The molecule has 0 atom stereocenters. The van der Waals surface area contributed by atoms with Gasteiger partial charge in [-0.25, -0.2) is 0 Å². The number of hydrogen-bond acceptors (Lipinski definition) is 10. The fourth-order valence-electron chi connectivity index (χ4n) is 3.61. The molecule has 1 aromatic carbocycles. The molecule has 0 spiro atoms. The molecular weight excluding hydrogens is 398 g/mol. The Kier molecular flexibility index (Phi) is 7.83. The number of aromatic nitrogens is 3. The van der Waals surface area contributed by atoms with E-state index >= 15 is 0 Å². The Bertz CT molecular complexity index is 855. The molecule has 1 saturated heterocycles. The van der Waals surface area contributed by atoms with Crippen molar-refractivity contribution in [2.75, 3.05) is 63.0 Å². The molecule has 4 N–H and O–H groups in total.